The topological polar surface area (TPSA) is 106 Å². The predicted molar refractivity (Wildman–Crippen MR) is 112 cm³/mol. The van der Waals surface area contributed by atoms with Gasteiger partial charge in [-0.1, -0.05) is 25.2 Å². The molecule has 0 aliphatic carbocycles. The van der Waals surface area contributed by atoms with Gasteiger partial charge in [-0.3, -0.25) is 4.79 Å². The summed E-state index contributed by atoms with van der Waals surface area (Å²) in [5.41, 5.74) is 0.613. The van der Waals surface area contributed by atoms with Crippen LogP contribution in [0.5, 0.6) is 11.5 Å². The third-order valence-electron chi connectivity index (χ3n) is 5.06. The number of carbonyl (C=O) groups excluding carboxylic acids is 2. The van der Waals surface area contributed by atoms with E-state index in [1.54, 1.807) is 18.2 Å². The second kappa shape index (κ2) is 8.86. The number of aromatic nitrogens is 2. The summed E-state index contributed by atoms with van der Waals surface area (Å²) in [6, 6.07) is 5.23. The summed E-state index contributed by atoms with van der Waals surface area (Å²) in [4.78, 5) is 26.6. The average molecular weight is 432 g/mol. The summed E-state index contributed by atoms with van der Waals surface area (Å²) >= 11 is 1.31. The Balaban J connectivity index is 1.31. The molecule has 0 radical (unpaired) electrons. The average Bonchev–Trinajstić information content (AvgIpc) is 3.41. The highest BCUT2D eigenvalue weighted by atomic mass is 32.1. The van der Waals surface area contributed by atoms with Gasteiger partial charge in [-0.15, -0.1) is 10.2 Å². The van der Waals surface area contributed by atoms with Crippen LogP contribution in [0.15, 0.2) is 18.2 Å². The van der Waals surface area contributed by atoms with Crippen LogP contribution in [0.2, 0.25) is 0 Å². The van der Waals surface area contributed by atoms with Crippen LogP contribution in [0.4, 0.5) is 10.5 Å². The van der Waals surface area contributed by atoms with Crippen molar-refractivity contribution in [2.45, 2.75) is 32.6 Å². The van der Waals surface area contributed by atoms with E-state index in [4.69, 9.17) is 9.47 Å². The van der Waals surface area contributed by atoms with Crippen LogP contribution in [0.1, 0.15) is 47.4 Å². The molecule has 1 saturated heterocycles. The van der Waals surface area contributed by atoms with E-state index in [0.29, 0.717) is 47.7 Å². The van der Waals surface area contributed by atoms with Crippen molar-refractivity contribution >= 4 is 29.0 Å². The summed E-state index contributed by atoms with van der Waals surface area (Å²) in [5.74, 6) is 1.60. The Bertz CT molecular complexity index is 924. The van der Waals surface area contributed by atoms with E-state index in [-0.39, 0.29) is 24.6 Å². The third kappa shape index (κ3) is 4.64. The maximum absolute atomic E-state index is 12.5. The molecule has 3 amide bonds. The lowest BCUT2D eigenvalue weighted by molar-refractivity contribution is 0.102. The Morgan fingerprint density at radius 3 is 2.73 bits per heavy atom. The zero-order valence-corrected chi connectivity index (χ0v) is 17.8. The second-order valence-electron chi connectivity index (χ2n) is 7.81. The molecule has 0 atom stereocenters. The lowest BCUT2D eigenvalue weighted by Gasteiger charge is -2.31. The summed E-state index contributed by atoms with van der Waals surface area (Å²) in [6.07, 6.45) is 1.63. The minimum atomic E-state index is -0.303. The first-order valence-corrected chi connectivity index (χ1v) is 10.9. The number of hydrogen-bond donors (Lipinski definition) is 2. The van der Waals surface area contributed by atoms with Gasteiger partial charge < -0.3 is 25.0 Å². The van der Waals surface area contributed by atoms with Gasteiger partial charge in [-0.2, -0.15) is 0 Å². The molecule has 2 N–H and O–H groups in total. The van der Waals surface area contributed by atoms with E-state index in [0.717, 1.165) is 17.8 Å². The number of nitrogens with one attached hydrogen (secondary N) is 2. The first-order valence-electron chi connectivity index (χ1n) is 10.1. The molecule has 9 nitrogen and oxygen atoms in total. The maximum Gasteiger partial charge on any atom is 0.317 e. The summed E-state index contributed by atoms with van der Waals surface area (Å²) in [7, 11) is 0. The fourth-order valence-electron chi connectivity index (χ4n) is 3.38. The summed E-state index contributed by atoms with van der Waals surface area (Å²) in [6.45, 7) is 6.35. The molecule has 2 aliphatic heterocycles. The van der Waals surface area contributed by atoms with Crippen LogP contribution in [0, 0.1) is 5.92 Å². The van der Waals surface area contributed by atoms with Gasteiger partial charge in [0.05, 0.1) is 0 Å². The van der Waals surface area contributed by atoms with Crippen LogP contribution in [-0.4, -0.2) is 53.5 Å². The molecule has 2 aromatic rings. The number of urea groups is 1. The smallest absolute Gasteiger partial charge is 0.317 e. The SMILES string of the molecule is CC(C)CNC(=O)N1CCC(c2nnc(C(=O)Nc3ccc4c(c3)OCO4)s2)CC1. The lowest BCUT2D eigenvalue weighted by Crippen LogP contribution is -2.45. The molecule has 0 bridgehead atoms. The predicted octanol–water partition coefficient (Wildman–Crippen LogP) is 3.06. The number of piperidine rings is 1. The Hall–Kier alpha value is -2.88. The highest BCUT2D eigenvalue weighted by molar-refractivity contribution is 7.13. The molecule has 2 aliphatic rings. The number of nitrogens with zero attached hydrogens (tertiary/aromatic N) is 3. The zero-order chi connectivity index (χ0) is 21.1. The molecule has 1 aromatic carbocycles. The number of amides is 3. The molecule has 1 fully saturated rings. The van der Waals surface area contributed by atoms with E-state index in [1.165, 1.54) is 11.3 Å². The van der Waals surface area contributed by atoms with Crippen molar-refractivity contribution in [3.63, 3.8) is 0 Å². The van der Waals surface area contributed by atoms with Gasteiger partial charge >= 0.3 is 6.03 Å². The molecule has 3 heterocycles. The van der Waals surface area contributed by atoms with Crippen LogP contribution < -0.4 is 20.1 Å². The van der Waals surface area contributed by atoms with Gasteiger partial charge in [0, 0.05) is 37.3 Å². The van der Waals surface area contributed by atoms with Crippen molar-refractivity contribution in [1.29, 1.82) is 0 Å². The van der Waals surface area contributed by atoms with Gasteiger partial charge in [0.25, 0.3) is 5.91 Å². The molecule has 4 rings (SSSR count). The molecular weight excluding hydrogens is 406 g/mol. The number of hydrogen-bond acceptors (Lipinski definition) is 7. The monoisotopic (exact) mass is 431 g/mol. The van der Waals surface area contributed by atoms with E-state index in [2.05, 4.69) is 34.7 Å². The van der Waals surface area contributed by atoms with Gasteiger partial charge in [0.1, 0.15) is 5.01 Å². The fraction of sp³-hybridized carbons (Fsp3) is 0.500. The number of fused-ring (bicyclic) bond motifs is 1. The molecule has 1 aromatic heterocycles. The largest absolute Gasteiger partial charge is 0.454 e. The highest BCUT2D eigenvalue weighted by Gasteiger charge is 2.27. The van der Waals surface area contributed by atoms with Gasteiger partial charge in [-0.25, -0.2) is 4.79 Å². The quantitative estimate of drug-likeness (QED) is 0.754. The van der Waals surface area contributed by atoms with Crippen molar-refractivity contribution in [3.05, 3.63) is 28.2 Å². The molecule has 30 heavy (non-hydrogen) atoms. The third-order valence-corrected chi connectivity index (χ3v) is 6.14. The molecule has 0 unspecified atom stereocenters. The molecule has 160 valence electrons. The number of ether oxygens (including phenoxy) is 2. The standard InChI is InChI=1S/C20H25N5O4S/c1-12(2)10-21-20(27)25-7-5-13(6-8-25)18-23-24-19(30-18)17(26)22-14-3-4-15-16(9-14)29-11-28-15/h3-4,9,12-13H,5-8,10-11H2,1-2H3,(H,21,27)(H,22,26). The molecule has 10 heteroatoms. The first-order chi connectivity index (χ1) is 14.5. The van der Waals surface area contributed by atoms with E-state index in [9.17, 15) is 9.59 Å². The number of benzene rings is 1. The number of anilines is 1. The zero-order valence-electron chi connectivity index (χ0n) is 17.0. The van der Waals surface area contributed by atoms with Crippen LogP contribution in [0.3, 0.4) is 0 Å². The number of rotatable bonds is 5. The van der Waals surface area contributed by atoms with E-state index in [1.807, 2.05) is 4.90 Å². The van der Waals surface area contributed by atoms with E-state index < -0.39 is 0 Å². The van der Waals surface area contributed by atoms with Gasteiger partial charge in [-0.05, 0) is 30.9 Å². The van der Waals surface area contributed by atoms with Crippen molar-refractivity contribution in [2.24, 2.45) is 5.92 Å². The first kappa shape index (κ1) is 20.4. The Labute approximate surface area is 178 Å². The van der Waals surface area contributed by atoms with Crippen molar-refractivity contribution in [1.82, 2.24) is 20.4 Å². The summed E-state index contributed by atoms with van der Waals surface area (Å²) in [5, 5.41) is 15.2. The van der Waals surface area contributed by atoms with Crippen molar-refractivity contribution in [2.75, 3.05) is 31.7 Å². The van der Waals surface area contributed by atoms with Crippen LogP contribution >= 0.6 is 11.3 Å². The van der Waals surface area contributed by atoms with Gasteiger partial charge in [0.15, 0.2) is 11.5 Å². The lowest BCUT2D eigenvalue weighted by atomic mass is 9.98. The Morgan fingerprint density at radius 1 is 1.20 bits per heavy atom. The Kier molecular flexibility index (Phi) is 6.03. The second-order valence-corrected chi connectivity index (χ2v) is 8.82. The fourth-order valence-corrected chi connectivity index (χ4v) is 4.29. The van der Waals surface area contributed by atoms with Crippen LogP contribution in [0.25, 0.3) is 0 Å². The minimum absolute atomic E-state index is 0.0109. The normalized spacial score (nSPS) is 16.0. The van der Waals surface area contributed by atoms with Crippen molar-refractivity contribution in [3.8, 4) is 11.5 Å². The van der Waals surface area contributed by atoms with Crippen LogP contribution in [-0.2, 0) is 0 Å². The minimum Gasteiger partial charge on any atom is -0.454 e. The maximum atomic E-state index is 12.5. The van der Waals surface area contributed by atoms with E-state index >= 15 is 0 Å². The molecular formula is C20H25N5O4S. The highest BCUT2D eigenvalue weighted by Crippen LogP contribution is 2.35. The molecule has 0 saturated carbocycles. The van der Waals surface area contributed by atoms with Gasteiger partial charge in [0.2, 0.25) is 11.8 Å². The number of likely N-dealkylation sites (tertiary alicyclic amines) is 1. The summed E-state index contributed by atoms with van der Waals surface area (Å²) < 4.78 is 10.6. The Morgan fingerprint density at radius 2 is 1.97 bits per heavy atom. The van der Waals surface area contributed by atoms with Crippen molar-refractivity contribution < 1.29 is 19.1 Å². The molecule has 0 spiro atoms. The number of carbonyl (C=O) groups is 2.